The number of nitrogens with one attached hydrogen (secondary N) is 3. The predicted molar refractivity (Wildman–Crippen MR) is 145 cm³/mol. The number of hydroxylamine groups is 1. The molecule has 204 valence electrons. The molecule has 0 spiro atoms. The van der Waals surface area contributed by atoms with Crippen LogP contribution < -0.4 is 16.1 Å². The first-order valence-electron chi connectivity index (χ1n) is 13.8. The third-order valence-electron chi connectivity index (χ3n) is 7.38. The molecule has 36 heavy (non-hydrogen) atoms. The van der Waals surface area contributed by atoms with Gasteiger partial charge in [0.2, 0.25) is 0 Å². The Labute approximate surface area is 218 Å². The molecule has 1 aliphatic heterocycles. The molecule has 2 fully saturated rings. The fourth-order valence-electron chi connectivity index (χ4n) is 5.36. The minimum atomic E-state index is -0.392. The van der Waals surface area contributed by atoms with Crippen LogP contribution in [0, 0.1) is 5.92 Å². The number of nitrogens with zero attached hydrogens (tertiary/aromatic N) is 2. The molecule has 3 atom stereocenters. The highest BCUT2D eigenvalue weighted by atomic mass is 16.6. The van der Waals surface area contributed by atoms with Crippen molar-refractivity contribution in [2.24, 2.45) is 5.92 Å². The number of morpholine rings is 1. The van der Waals surface area contributed by atoms with Crippen molar-refractivity contribution >= 4 is 5.91 Å². The van der Waals surface area contributed by atoms with Crippen LogP contribution in [0.3, 0.4) is 0 Å². The van der Waals surface area contributed by atoms with E-state index >= 15 is 0 Å². The van der Waals surface area contributed by atoms with Crippen molar-refractivity contribution in [1.29, 1.82) is 0 Å². The molecule has 0 aromatic carbocycles. The molecule has 0 bridgehead atoms. The molecule has 1 unspecified atom stereocenters. The minimum Gasteiger partial charge on any atom is -0.388 e. The Hall–Kier alpha value is -1.71. The highest BCUT2D eigenvalue weighted by Crippen LogP contribution is 2.37. The van der Waals surface area contributed by atoms with Crippen molar-refractivity contribution in [3.8, 4) is 0 Å². The largest absolute Gasteiger partial charge is 0.388 e. The molecule has 1 amide bonds. The molecule has 0 radical (unpaired) electrons. The van der Waals surface area contributed by atoms with Crippen LogP contribution in [0.2, 0.25) is 0 Å². The maximum absolute atomic E-state index is 13.7. The van der Waals surface area contributed by atoms with Gasteiger partial charge in [-0.25, -0.2) is 5.48 Å². The van der Waals surface area contributed by atoms with Crippen LogP contribution in [0.15, 0.2) is 34.6 Å². The van der Waals surface area contributed by atoms with Crippen LogP contribution >= 0.6 is 0 Å². The Balaban J connectivity index is 1.90. The van der Waals surface area contributed by atoms with Crippen LogP contribution in [-0.2, 0) is 14.4 Å². The fraction of sp³-hybridized carbons (Fsp3) is 0.750. The van der Waals surface area contributed by atoms with Crippen molar-refractivity contribution in [1.82, 2.24) is 25.9 Å². The third-order valence-corrected chi connectivity index (χ3v) is 7.38. The van der Waals surface area contributed by atoms with Crippen molar-refractivity contribution in [2.75, 3.05) is 60.5 Å². The number of allylic oxidation sites excluding steroid dienone is 3. The number of rotatable bonds is 14. The second-order valence-corrected chi connectivity index (χ2v) is 10.6. The number of hydrogen-bond acceptors (Lipinski definition) is 7. The van der Waals surface area contributed by atoms with Gasteiger partial charge in [0.25, 0.3) is 5.91 Å². The molecule has 3 aliphatic rings. The van der Waals surface area contributed by atoms with Gasteiger partial charge in [-0.2, -0.15) is 0 Å². The molecule has 1 heterocycles. The molecule has 1 saturated carbocycles. The Bertz CT molecular complexity index is 812. The van der Waals surface area contributed by atoms with Crippen LogP contribution in [0.5, 0.6) is 0 Å². The molecular formula is C28H49N5O3. The number of carbonyl (C=O) groups is 1. The van der Waals surface area contributed by atoms with Crippen LogP contribution in [0.25, 0.3) is 0 Å². The Morgan fingerprint density at radius 1 is 1.31 bits per heavy atom. The first-order valence-corrected chi connectivity index (χ1v) is 13.8. The monoisotopic (exact) mass is 503 g/mol. The van der Waals surface area contributed by atoms with Gasteiger partial charge < -0.3 is 30.0 Å². The van der Waals surface area contributed by atoms with Crippen LogP contribution in [0.1, 0.15) is 52.9 Å². The standard InChI is InChI=1S/C28H49N5O3/c1-7-20(2)27(21(3)33(23-10-11-23)28(34)26-18-29-15-16-36-26)24-12-9-22(19-32(4)5)17-25(24)30-13-8-14-31-35-6/h9,12,21-23,26,29-31H,7-8,10-11,13-19H2,1-6H3/b27-20+/t21-,22?,26-/m1/s1. The summed E-state index contributed by atoms with van der Waals surface area (Å²) in [6.07, 6.45) is 9.33. The summed E-state index contributed by atoms with van der Waals surface area (Å²) in [6.45, 7) is 11.3. The van der Waals surface area contributed by atoms with Gasteiger partial charge >= 0.3 is 0 Å². The topological polar surface area (TPSA) is 78.1 Å². The summed E-state index contributed by atoms with van der Waals surface area (Å²) in [5, 5.41) is 7.09. The number of carbonyl (C=O) groups excluding carboxylic acids is 1. The molecule has 2 aliphatic carbocycles. The van der Waals surface area contributed by atoms with Gasteiger partial charge in [-0.05, 0) is 77.1 Å². The quantitative estimate of drug-likeness (QED) is 0.248. The van der Waals surface area contributed by atoms with E-state index in [9.17, 15) is 4.79 Å². The maximum Gasteiger partial charge on any atom is 0.253 e. The van der Waals surface area contributed by atoms with Gasteiger partial charge in [0.05, 0.1) is 19.8 Å². The lowest BCUT2D eigenvalue weighted by atomic mass is 9.84. The van der Waals surface area contributed by atoms with E-state index in [1.165, 1.54) is 22.4 Å². The summed E-state index contributed by atoms with van der Waals surface area (Å²) >= 11 is 0. The Morgan fingerprint density at radius 2 is 2.08 bits per heavy atom. The van der Waals surface area contributed by atoms with Crippen LogP contribution in [-0.4, -0.2) is 94.4 Å². The highest BCUT2D eigenvalue weighted by Gasteiger charge is 2.41. The van der Waals surface area contributed by atoms with E-state index in [1.54, 1.807) is 7.11 Å². The summed E-state index contributed by atoms with van der Waals surface area (Å²) in [5.41, 5.74) is 8.11. The van der Waals surface area contributed by atoms with E-state index in [0.29, 0.717) is 25.1 Å². The zero-order chi connectivity index (χ0) is 26.1. The second-order valence-electron chi connectivity index (χ2n) is 10.6. The van der Waals surface area contributed by atoms with Gasteiger partial charge in [-0.1, -0.05) is 24.6 Å². The summed E-state index contributed by atoms with van der Waals surface area (Å²) in [6, 6.07) is 0.302. The van der Waals surface area contributed by atoms with E-state index < -0.39 is 6.10 Å². The molecule has 8 nitrogen and oxygen atoms in total. The lowest BCUT2D eigenvalue weighted by molar-refractivity contribution is -0.147. The van der Waals surface area contributed by atoms with Gasteiger partial charge in [-0.15, -0.1) is 0 Å². The maximum atomic E-state index is 13.7. The minimum absolute atomic E-state index is 0.00696. The highest BCUT2D eigenvalue weighted by molar-refractivity contribution is 5.83. The summed E-state index contributed by atoms with van der Waals surface area (Å²) in [7, 11) is 5.91. The fourth-order valence-corrected chi connectivity index (χ4v) is 5.36. The molecule has 3 rings (SSSR count). The number of ether oxygens (including phenoxy) is 1. The van der Waals surface area contributed by atoms with Gasteiger partial charge in [-0.3, -0.25) is 4.79 Å². The summed E-state index contributed by atoms with van der Waals surface area (Å²) in [5.74, 6) is 0.592. The number of hydrogen-bond donors (Lipinski definition) is 3. The van der Waals surface area contributed by atoms with Crippen molar-refractivity contribution in [2.45, 2.75) is 71.1 Å². The molecule has 0 aromatic rings. The normalized spacial score (nSPS) is 24.1. The summed E-state index contributed by atoms with van der Waals surface area (Å²) in [4.78, 5) is 23.1. The van der Waals surface area contributed by atoms with Gasteiger partial charge in [0, 0.05) is 44.5 Å². The lowest BCUT2D eigenvalue weighted by Crippen LogP contribution is -2.53. The lowest BCUT2D eigenvalue weighted by Gasteiger charge is -2.37. The van der Waals surface area contributed by atoms with Gasteiger partial charge in [0.1, 0.15) is 6.10 Å². The summed E-state index contributed by atoms with van der Waals surface area (Å²) < 4.78 is 5.89. The second kappa shape index (κ2) is 14.3. The molecule has 8 heteroatoms. The molecule has 1 saturated heterocycles. The van der Waals surface area contributed by atoms with Crippen LogP contribution in [0.4, 0.5) is 0 Å². The first kappa shape index (κ1) is 28.9. The van der Waals surface area contributed by atoms with Crippen molar-refractivity contribution in [3.63, 3.8) is 0 Å². The molecule has 0 aromatic heterocycles. The average molecular weight is 504 g/mol. The molecule has 3 N–H and O–H groups in total. The van der Waals surface area contributed by atoms with Crippen molar-refractivity contribution in [3.05, 3.63) is 34.6 Å². The van der Waals surface area contributed by atoms with Crippen molar-refractivity contribution < 1.29 is 14.4 Å². The zero-order valence-electron chi connectivity index (χ0n) is 23.4. The van der Waals surface area contributed by atoms with E-state index in [1.807, 2.05) is 0 Å². The van der Waals surface area contributed by atoms with E-state index in [0.717, 1.165) is 58.3 Å². The third kappa shape index (κ3) is 7.89. The van der Waals surface area contributed by atoms with E-state index in [4.69, 9.17) is 9.57 Å². The molecular weight excluding hydrogens is 454 g/mol. The Kier molecular flexibility index (Phi) is 11.5. The van der Waals surface area contributed by atoms with E-state index in [-0.39, 0.29) is 11.9 Å². The predicted octanol–water partition coefficient (Wildman–Crippen LogP) is 2.60. The average Bonchev–Trinajstić information content (AvgIpc) is 3.70. The Morgan fingerprint density at radius 3 is 2.69 bits per heavy atom. The number of amides is 1. The SMILES string of the molecule is CC/C(C)=C(/C1=C(NCCCNOC)CC(CN(C)C)C=C1)[C@@H](C)N(C(=O)[C@H]1CNCCO1)C1CC1. The van der Waals surface area contributed by atoms with Gasteiger partial charge in [0.15, 0.2) is 0 Å². The van der Waals surface area contributed by atoms with E-state index in [2.05, 4.69) is 72.9 Å². The first-order chi connectivity index (χ1) is 17.4. The smallest absolute Gasteiger partial charge is 0.253 e. The zero-order valence-corrected chi connectivity index (χ0v) is 23.4.